The minimum atomic E-state index is -3.68. The van der Waals surface area contributed by atoms with Crippen molar-refractivity contribution in [2.24, 2.45) is 0 Å². The number of halogens is 1. The number of likely N-dealkylation sites (N-methyl/N-ethyl adjacent to an activating group) is 1. The quantitative estimate of drug-likeness (QED) is 0.797. The van der Waals surface area contributed by atoms with Gasteiger partial charge >= 0.3 is 0 Å². The van der Waals surface area contributed by atoms with Crippen LogP contribution in [0.15, 0.2) is 24.3 Å². The molecule has 0 fully saturated rings. The molecular weight excluding hydrogens is 309 g/mol. The molecule has 0 bridgehead atoms. The molecule has 0 saturated carbocycles. The molecule has 8 heteroatoms. The normalized spacial score (nSPS) is 13.0. The minimum Gasteiger partial charge on any atom is -0.353 e. The van der Waals surface area contributed by atoms with Gasteiger partial charge in [-0.05, 0) is 45.3 Å². The Bertz CT molecular complexity index is 602. The lowest BCUT2D eigenvalue weighted by molar-refractivity contribution is -0.121. The van der Waals surface area contributed by atoms with Gasteiger partial charge in [0.2, 0.25) is 15.9 Å². The van der Waals surface area contributed by atoms with E-state index in [1.54, 1.807) is 0 Å². The van der Waals surface area contributed by atoms with Crippen LogP contribution in [0.5, 0.6) is 0 Å². The van der Waals surface area contributed by atoms with Crippen molar-refractivity contribution in [2.45, 2.75) is 13.0 Å². The van der Waals surface area contributed by atoms with E-state index in [4.69, 9.17) is 0 Å². The van der Waals surface area contributed by atoms with Crippen LogP contribution in [-0.4, -0.2) is 58.7 Å². The summed E-state index contributed by atoms with van der Waals surface area (Å²) in [4.78, 5) is 14.0. The lowest BCUT2D eigenvalue weighted by Crippen LogP contribution is -2.48. The lowest BCUT2D eigenvalue weighted by atomic mass is 10.2. The number of nitrogens with zero attached hydrogens (tertiary/aromatic N) is 2. The maximum absolute atomic E-state index is 13.0. The highest BCUT2D eigenvalue weighted by molar-refractivity contribution is 7.92. The summed E-state index contributed by atoms with van der Waals surface area (Å²) in [5.74, 6) is -0.878. The minimum absolute atomic E-state index is 0.249. The van der Waals surface area contributed by atoms with Crippen molar-refractivity contribution in [3.8, 4) is 0 Å². The predicted molar refractivity (Wildman–Crippen MR) is 84.7 cm³/mol. The Kier molecular flexibility index (Phi) is 6.31. The molecule has 1 N–H and O–H groups in total. The molecule has 1 amide bonds. The number of anilines is 1. The summed E-state index contributed by atoms with van der Waals surface area (Å²) in [5, 5.41) is 2.69. The zero-order valence-electron chi connectivity index (χ0n) is 13.2. The summed E-state index contributed by atoms with van der Waals surface area (Å²) in [6.07, 6.45) is 1.01. The standard InChI is InChI=1S/C14H22FN3O3S/c1-11(14(19)16-9-10-17(2)3)18(22(4,20)21)13-7-5-12(15)6-8-13/h5-8,11H,9-10H2,1-4H3,(H,16,19). The van der Waals surface area contributed by atoms with Crippen molar-refractivity contribution in [1.29, 1.82) is 0 Å². The zero-order valence-corrected chi connectivity index (χ0v) is 14.0. The summed E-state index contributed by atoms with van der Waals surface area (Å²) in [6.45, 7) is 2.56. The molecule has 0 aliphatic rings. The largest absolute Gasteiger partial charge is 0.353 e. The molecule has 0 spiro atoms. The third-order valence-electron chi connectivity index (χ3n) is 3.03. The van der Waals surface area contributed by atoms with Gasteiger partial charge in [-0.3, -0.25) is 9.10 Å². The van der Waals surface area contributed by atoms with E-state index in [0.717, 1.165) is 22.7 Å². The molecule has 22 heavy (non-hydrogen) atoms. The monoisotopic (exact) mass is 331 g/mol. The Morgan fingerprint density at radius 3 is 2.27 bits per heavy atom. The Labute approximate surface area is 131 Å². The van der Waals surface area contributed by atoms with Gasteiger partial charge in [0.15, 0.2) is 0 Å². The van der Waals surface area contributed by atoms with E-state index >= 15 is 0 Å². The van der Waals surface area contributed by atoms with Crippen LogP contribution < -0.4 is 9.62 Å². The van der Waals surface area contributed by atoms with Crippen LogP contribution in [0.2, 0.25) is 0 Å². The van der Waals surface area contributed by atoms with Crippen molar-refractivity contribution in [1.82, 2.24) is 10.2 Å². The summed E-state index contributed by atoms with van der Waals surface area (Å²) in [7, 11) is 0.0671. The average molecular weight is 331 g/mol. The smallest absolute Gasteiger partial charge is 0.243 e. The molecule has 0 radical (unpaired) electrons. The predicted octanol–water partition coefficient (Wildman–Crippen LogP) is 0.658. The van der Waals surface area contributed by atoms with E-state index in [2.05, 4.69) is 5.32 Å². The van der Waals surface area contributed by atoms with Crippen molar-refractivity contribution in [2.75, 3.05) is 37.7 Å². The third kappa shape index (κ3) is 5.27. The van der Waals surface area contributed by atoms with Crippen LogP contribution in [0.4, 0.5) is 10.1 Å². The van der Waals surface area contributed by atoms with Gasteiger partial charge in [0.25, 0.3) is 0 Å². The highest BCUT2D eigenvalue weighted by Gasteiger charge is 2.28. The molecule has 124 valence electrons. The molecule has 1 aromatic carbocycles. The van der Waals surface area contributed by atoms with Crippen molar-refractivity contribution in [3.63, 3.8) is 0 Å². The molecule has 1 rings (SSSR count). The number of hydrogen-bond acceptors (Lipinski definition) is 4. The number of amides is 1. The average Bonchev–Trinajstić information content (AvgIpc) is 2.39. The Hall–Kier alpha value is -1.67. The molecule has 0 aliphatic carbocycles. The number of carbonyl (C=O) groups is 1. The summed E-state index contributed by atoms with van der Waals surface area (Å²) in [6, 6.07) is 4.05. The SMILES string of the molecule is CC(C(=O)NCCN(C)C)N(c1ccc(F)cc1)S(C)(=O)=O. The number of benzene rings is 1. The highest BCUT2D eigenvalue weighted by Crippen LogP contribution is 2.21. The molecule has 0 saturated heterocycles. The number of sulfonamides is 1. The third-order valence-corrected chi connectivity index (χ3v) is 4.27. The van der Waals surface area contributed by atoms with E-state index in [1.165, 1.54) is 19.1 Å². The van der Waals surface area contributed by atoms with Gasteiger partial charge in [-0.1, -0.05) is 0 Å². The molecule has 6 nitrogen and oxygen atoms in total. The molecule has 0 aromatic heterocycles. The van der Waals surface area contributed by atoms with Gasteiger partial charge in [-0.15, -0.1) is 0 Å². The van der Waals surface area contributed by atoms with Crippen molar-refractivity contribution in [3.05, 3.63) is 30.1 Å². The Morgan fingerprint density at radius 1 is 1.27 bits per heavy atom. The van der Waals surface area contributed by atoms with Gasteiger partial charge in [0.1, 0.15) is 11.9 Å². The van der Waals surface area contributed by atoms with Crippen molar-refractivity contribution >= 4 is 21.6 Å². The first kappa shape index (κ1) is 18.4. The van der Waals surface area contributed by atoms with Crippen LogP contribution in [0.3, 0.4) is 0 Å². The first-order chi connectivity index (χ1) is 10.1. The highest BCUT2D eigenvalue weighted by atomic mass is 32.2. The topological polar surface area (TPSA) is 69.7 Å². The fraction of sp³-hybridized carbons (Fsp3) is 0.500. The van der Waals surface area contributed by atoms with E-state index in [1.807, 2.05) is 19.0 Å². The van der Waals surface area contributed by atoms with Crippen LogP contribution in [0.25, 0.3) is 0 Å². The van der Waals surface area contributed by atoms with E-state index in [9.17, 15) is 17.6 Å². The zero-order chi connectivity index (χ0) is 16.9. The number of nitrogens with one attached hydrogen (secondary N) is 1. The number of hydrogen-bond donors (Lipinski definition) is 1. The van der Waals surface area contributed by atoms with Crippen molar-refractivity contribution < 1.29 is 17.6 Å². The first-order valence-corrected chi connectivity index (χ1v) is 8.65. The van der Waals surface area contributed by atoms with Crippen LogP contribution in [0, 0.1) is 5.82 Å². The fourth-order valence-electron chi connectivity index (χ4n) is 1.95. The Morgan fingerprint density at radius 2 is 1.82 bits per heavy atom. The van der Waals surface area contributed by atoms with Gasteiger partial charge in [-0.25, -0.2) is 12.8 Å². The second-order valence-electron chi connectivity index (χ2n) is 5.31. The maximum atomic E-state index is 13.0. The lowest BCUT2D eigenvalue weighted by Gasteiger charge is -2.28. The first-order valence-electron chi connectivity index (χ1n) is 6.80. The van der Waals surface area contributed by atoms with Crippen LogP contribution in [-0.2, 0) is 14.8 Å². The molecule has 0 heterocycles. The molecule has 1 atom stereocenters. The second kappa shape index (κ2) is 7.55. The van der Waals surface area contributed by atoms with E-state index in [0.29, 0.717) is 13.1 Å². The summed E-state index contributed by atoms with van der Waals surface area (Å²) < 4.78 is 38.0. The summed E-state index contributed by atoms with van der Waals surface area (Å²) in [5.41, 5.74) is 0.249. The van der Waals surface area contributed by atoms with Crippen LogP contribution in [0.1, 0.15) is 6.92 Å². The number of rotatable bonds is 7. The van der Waals surface area contributed by atoms with Gasteiger partial charge < -0.3 is 10.2 Å². The summed E-state index contributed by atoms with van der Waals surface area (Å²) >= 11 is 0. The van der Waals surface area contributed by atoms with Gasteiger partial charge in [-0.2, -0.15) is 0 Å². The number of carbonyl (C=O) groups excluding carboxylic acids is 1. The van der Waals surface area contributed by atoms with E-state index in [-0.39, 0.29) is 5.69 Å². The maximum Gasteiger partial charge on any atom is 0.243 e. The molecule has 1 unspecified atom stereocenters. The van der Waals surface area contributed by atoms with Crippen LogP contribution >= 0.6 is 0 Å². The molecular formula is C14H22FN3O3S. The molecule has 0 aliphatic heterocycles. The fourth-order valence-corrected chi connectivity index (χ4v) is 3.12. The van der Waals surface area contributed by atoms with E-state index < -0.39 is 27.8 Å². The molecule has 1 aromatic rings. The second-order valence-corrected chi connectivity index (χ2v) is 7.16. The Balaban J connectivity index is 2.93. The van der Waals surface area contributed by atoms with Gasteiger partial charge in [0, 0.05) is 13.1 Å². The van der Waals surface area contributed by atoms with Gasteiger partial charge in [0.05, 0.1) is 11.9 Å².